The largest absolute Gasteiger partial charge is 0.744 e. The van der Waals surface area contributed by atoms with Crippen molar-refractivity contribution in [2.75, 3.05) is 0 Å². The first-order chi connectivity index (χ1) is 9.01. The number of rotatable bonds is 4. The predicted molar refractivity (Wildman–Crippen MR) is 62.7 cm³/mol. The molecule has 0 saturated carbocycles. The molecule has 0 aromatic heterocycles. The molecule has 0 bridgehead atoms. The zero-order valence-electron chi connectivity index (χ0n) is 9.51. The minimum Gasteiger partial charge on any atom is -0.744 e. The van der Waals surface area contributed by atoms with Crippen molar-refractivity contribution in [3.8, 4) is 0 Å². The highest BCUT2D eigenvalue weighted by atomic mass is 32.2. The van der Waals surface area contributed by atoms with E-state index >= 15 is 0 Å². The first-order valence-electron chi connectivity index (χ1n) is 4.66. The fourth-order valence-electron chi connectivity index (χ4n) is 1.18. The maximum atomic E-state index is 11.0. The smallest absolute Gasteiger partial charge is 0.332 e. The third-order valence-corrected chi connectivity index (χ3v) is 3.66. The lowest BCUT2D eigenvalue weighted by Crippen LogP contribution is -2.24. The van der Waals surface area contributed by atoms with E-state index in [1.54, 1.807) is 5.43 Å². The van der Waals surface area contributed by atoms with Crippen LogP contribution in [-0.4, -0.2) is 38.2 Å². The number of hydrazone groups is 1. The van der Waals surface area contributed by atoms with Crippen LogP contribution in [0.25, 0.3) is 0 Å². The van der Waals surface area contributed by atoms with Crippen LogP contribution in [0.3, 0.4) is 0 Å². The van der Waals surface area contributed by atoms with E-state index in [1.807, 2.05) is 0 Å². The van der Waals surface area contributed by atoms with E-state index in [0.717, 1.165) is 0 Å². The van der Waals surface area contributed by atoms with E-state index in [1.165, 1.54) is 0 Å². The van der Waals surface area contributed by atoms with Crippen LogP contribution in [0.4, 0.5) is 4.79 Å². The molecule has 1 rings (SSSR count). The van der Waals surface area contributed by atoms with Gasteiger partial charge in [-0.1, -0.05) is 0 Å². The van der Waals surface area contributed by atoms with Crippen molar-refractivity contribution in [2.24, 2.45) is 10.8 Å². The van der Waals surface area contributed by atoms with Crippen molar-refractivity contribution >= 4 is 32.5 Å². The van der Waals surface area contributed by atoms with Crippen molar-refractivity contribution in [2.45, 2.75) is 9.79 Å². The normalized spacial score (nSPS) is 12.5. The number of carbonyl (C=O) groups is 1. The predicted octanol–water partition coefficient (Wildman–Crippen LogP) is -1.50. The van der Waals surface area contributed by atoms with Crippen LogP contribution in [0.1, 0.15) is 5.56 Å². The lowest BCUT2D eigenvalue weighted by atomic mass is 10.2. The molecule has 110 valence electrons. The van der Waals surface area contributed by atoms with Gasteiger partial charge in [-0.25, -0.2) is 27.1 Å². The summed E-state index contributed by atoms with van der Waals surface area (Å²) in [6, 6.07) is 0.893. The van der Waals surface area contributed by atoms with Gasteiger partial charge in [0.1, 0.15) is 20.2 Å². The number of urea groups is 1. The molecule has 0 atom stereocenters. The molecule has 20 heavy (non-hydrogen) atoms. The third-order valence-electron chi connectivity index (χ3n) is 1.92. The van der Waals surface area contributed by atoms with E-state index in [0.29, 0.717) is 24.4 Å². The summed E-state index contributed by atoms with van der Waals surface area (Å²) in [6.45, 7) is 0. The van der Waals surface area contributed by atoms with Crippen LogP contribution in [0.2, 0.25) is 0 Å². The molecular weight excluding hydrogens is 314 g/mol. The summed E-state index contributed by atoms with van der Waals surface area (Å²) in [5.74, 6) is 0. The van der Waals surface area contributed by atoms with Gasteiger partial charge in [-0.05, 0) is 18.2 Å². The van der Waals surface area contributed by atoms with Crippen LogP contribution in [0.5, 0.6) is 0 Å². The average Bonchev–Trinajstić information content (AvgIpc) is 2.25. The molecule has 0 unspecified atom stereocenters. The van der Waals surface area contributed by atoms with Crippen LogP contribution in [0.15, 0.2) is 33.1 Å². The number of primary amides is 1. The van der Waals surface area contributed by atoms with Crippen LogP contribution in [0, 0.1) is 0 Å². The van der Waals surface area contributed by atoms with E-state index in [-0.39, 0.29) is 0 Å². The molecule has 0 spiro atoms. The highest BCUT2D eigenvalue weighted by Crippen LogP contribution is 2.18. The Morgan fingerprint density at radius 3 is 2.25 bits per heavy atom. The van der Waals surface area contributed by atoms with Crippen LogP contribution >= 0.6 is 0 Å². The number of amides is 2. The second kappa shape index (κ2) is 5.54. The number of hydrogen-bond donors (Lipinski definition) is 2. The zero-order valence-corrected chi connectivity index (χ0v) is 11.1. The Morgan fingerprint density at radius 1 is 1.20 bits per heavy atom. The number of nitrogens with two attached hydrogens (primary N) is 1. The Balaban J connectivity index is 3.42. The molecule has 2 amide bonds. The van der Waals surface area contributed by atoms with Crippen molar-refractivity contribution in [1.29, 1.82) is 0 Å². The molecule has 0 aliphatic heterocycles. The standard InChI is InChI=1S/C8H9N3O7S2/c9-8(12)11-10-4-5-3-6(19(13,14)15)1-2-7(5)20(16,17)18/h1-4H,(H3,9,11,12)(H,13,14,15)(H,16,17,18)/p-2. The zero-order chi connectivity index (χ0) is 15.6. The second-order valence-electron chi connectivity index (χ2n) is 3.34. The monoisotopic (exact) mass is 321 g/mol. The molecule has 3 N–H and O–H groups in total. The van der Waals surface area contributed by atoms with Gasteiger partial charge in [-0.2, -0.15) is 5.10 Å². The molecule has 0 saturated heterocycles. The van der Waals surface area contributed by atoms with Gasteiger partial charge < -0.3 is 14.8 Å². The Morgan fingerprint density at radius 2 is 1.80 bits per heavy atom. The van der Waals surface area contributed by atoms with E-state index in [4.69, 9.17) is 0 Å². The summed E-state index contributed by atoms with van der Waals surface area (Å²) < 4.78 is 65.3. The molecule has 1 aromatic carbocycles. The Bertz CT molecular complexity index is 767. The summed E-state index contributed by atoms with van der Waals surface area (Å²) in [7, 11) is -9.78. The van der Waals surface area contributed by atoms with E-state index in [2.05, 4.69) is 10.8 Å². The molecule has 12 heteroatoms. The lowest BCUT2D eigenvalue weighted by Gasteiger charge is -2.13. The molecule has 10 nitrogen and oxygen atoms in total. The van der Waals surface area contributed by atoms with Gasteiger partial charge in [0, 0.05) is 5.56 Å². The molecule has 0 radical (unpaired) electrons. The summed E-state index contributed by atoms with van der Waals surface area (Å²) >= 11 is 0. The molecule has 0 aliphatic carbocycles. The van der Waals surface area contributed by atoms with Gasteiger partial charge in [0.2, 0.25) is 0 Å². The van der Waals surface area contributed by atoms with Gasteiger partial charge in [0.25, 0.3) is 0 Å². The fourth-order valence-corrected chi connectivity index (χ4v) is 2.32. The Kier molecular flexibility index (Phi) is 4.44. The maximum absolute atomic E-state index is 11.0. The van der Waals surface area contributed by atoms with Gasteiger partial charge >= 0.3 is 6.03 Å². The Labute approximate surface area is 113 Å². The Hall–Kier alpha value is -2.02. The first kappa shape index (κ1) is 16.0. The van der Waals surface area contributed by atoms with Crippen LogP contribution in [-0.2, 0) is 20.2 Å². The lowest BCUT2D eigenvalue weighted by molar-refractivity contribution is 0.249. The quantitative estimate of drug-likeness (QED) is 0.384. The summed E-state index contributed by atoms with van der Waals surface area (Å²) in [6.07, 6.45) is 0.671. The van der Waals surface area contributed by atoms with E-state index in [9.17, 15) is 30.7 Å². The number of nitrogens with zero attached hydrogens (tertiary/aromatic N) is 1. The summed E-state index contributed by atoms with van der Waals surface area (Å²) in [5, 5.41) is 3.19. The van der Waals surface area contributed by atoms with Crippen molar-refractivity contribution in [1.82, 2.24) is 5.43 Å². The van der Waals surface area contributed by atoms with Crippen molar-refractivity contribution < 1.29 is 30.7 Å². The van der Waals surface area contributed by atoms with E-state index < -0.39 is 41.6 Å². The molecule has 0 heterocycles. The van der Waals surface area contributed by atoms with Gasteiger partial charge in [0.15, 0.2) is 0 Å². The topological polar surface area (TPSA) is 182 Å². The highest BCUT2D eigenvalue weighted by Gasteiger charge is 2.11. The highest BCUT2D eigenvalue weighted by molar-refractivity contribution is 7.86. The van der Waals surface area contributed by atoms with Crippen molar-refractivity contribution in [3.63, 3.8) is 0 Å². The summed E-state index contributed by atoms with van der Waals surface area (Å²) in [5.41, 5.74) is 5.92. The summed E-state index contributed by atoms with van der Waals surface area (Å²) in [4.78, 5) is 8.80. The first-order valence-corrected chi connectivity index (χ1v) is 7.48. The number of benzene rings is 1. The number of hydrogen-bond acceptors (Lipinski definition) is 8. The maximum Gasteiger partial charge on any atom is 0.332 e. The molecular formula is C8H7N3O7S2-2. The third kappa shape index (κ3) is 4.27. The SMILES string of the molecule is NC(=O)NN=Cc1cc(S(=O)(=O)[O-])ccc1S(=O)(=O)[O-]. The van der Waals surface area contributed by atoms with Crippen molar-refractivity contribution in [3.05, 3.63) is 23.8 Å². The molecule has 1 aromatic rings. The van der Waals surface area contributed by atoms with Gasteiger partial charge in [-0.3, -0.25) is 0 Å². The number of nitrogens with one attached hydrogen (secondary N) is 1. The molecule has 0 aliphatic rings. The molecule has 0 fully saturated rings. The van der Waals surface area contributed by atoms with Gasteiger partial charge in [-0.15, -0.1) is 0 Å². The number of carbonyl (C=O) groups excluding carboxylic acids is 1. The minimum absolute atomic E-state index is 0.481. The second-order valence-corrected chi connectivity index (χ2v) is 6.07. The van der Waals surface area contributed by atoms with Gasteiger partial charge in [0.05, 0.1) is 16.0 Å². The minimum atomic E-state index is -4.93. The average molecular weight is 321 g/mol. The fraction of sp³-hybridized carbons (Fsp3) is 0. The van der Waals surface area contributed by atoms with Crippen LogP contribution < -0.4 is 11.2 Å².